The van der Waals surface area contributed by atoms with Crippen molar-refractivity contribution >= 4 is 23.5 Å². The normalized spacial score (nSPS) is 12.8. The topological polar surface area (TPSA) is 75.6 Å². The van der Waals surface area contributed by atoms with Gasteiger partial charge < -0.3 is 15.2 Å². The van der Waals surface area contributed by atoms with E-state index < -0.39 is 24.0 Å². The summed E-state index contributed by atoms with van der Waals surface area (Å²) in [6.07, 6.45) is 4.06. The molecule has 2 atom stereocenters. The first-order chi connectivity index (χ1) is 9.45. The van der Waals surface area contributed by atoms with E-state index in [9.17, 15) is 9.59 Å². The highest BCUT2D eigenvalue weighted by molar-refractivity contribution is 6.32. The van der Waals surface area contributed by atoms with E-state index >= 15 is 0 Å². The Morgan fingerprint density at radius 1 is 1.50 bits per heavy atom. The van der Waals surface area contributed by atoms with Gasteiger partial charge in [0.25, 0.3) is 5.91 Å². The molecule has 0 aliphatic heterocycles. The lowest BCUT2D eigenvalue weighted by Crippen LogP contribution is -2.46. The molecule has 1 amide bonds. The Morgan fingerprint density at radius 3 is 2.70 bits per heavy atom. The second kappa shape index (κ2) is 7.41. The van der Waals surface area contributed by atoms with Gasteiger partial charge in [0.1, 0.15) is 11.8 Å². The molecule has 20 heavy (non-hydrogen) atoms. The predicted molar refractivity (Wildman–Crippen MR) is 74.6 cm³/mol. The number of aliphatic carboxylic acids is 1. The molecule has 0 radical (unpaired) electrons. The predicted octanol–water partition coefficient (Wildman–Crippen LogP) is 1.70. The van der Waals surface area contributed by atoms with Crippen LogP contribution in [-0.4, -0.2) is 29.1 Å². The molecule has 1 aromatic rings. The summed E-state index contributed by atoms with van der Waals surface area (Å²) in [6, 6.07) is 5.55. The molecule has 0 aliphatic rings. The number of benzene rings is 1. The smallest absolute Gasteiger partial charge is 0.327 e. The second-order valence-electron chi connectivity index (χ2n) is 4.00. The molecule has 0 fully saturated rings. The van der Waals surface area contributed by atoms with Gasteiger partial charge in [0.2, 0.25) is 0 Å². The number of carbonyl (C=O) groups is 2. The zero-order valence-corrected chi connectivity index (χ0v) is 11.6. The number of ether oxygens (including phenoxy) is 1. The summed E-state index contributed by atoms with van der Waals surface area (Å²) in [5.41, 5.74) is 0. The Hall–Kier alpha value is -2.19. The number of carbonyl (C=O) groups excluding carboxylic acids is 1. The van der Waals surface area contributed by atoms with Gasteiger partial charge in [0.15, 0.2) is 6.10 Å². The highest BCUT2D eigenvalue weighted by Gasteiger charge is 2.23. The Labute approximate surface area is 121 Å². The van der Waals surface area contributed by atoms with Gasteiger partial charge >= 0.3 is 5.97 Å². The van der Waals surface area contributed by atoms with Crippen molar-refractivity contribution in [3.8, 4) is 18.1 Å². The standard InChI is InChI=1S/C14H14ClNO4/c1-3-6-11(14(18)19)16-13(17)9(2)20-12-8-5-4-7-10(12)15/h1,4-5,7-9,11H,6H2,2H3,(H,16,17)(H,18,19). The average Bonchev–Trinajstić information content (AvgIpc) is 2.40. The van der Waals surface area contributed by atoms with Crippen LogP contribution < -0.4 is 10.1 Å². The first-order valence-electron chi connectivity index (χ1n) is 5.83. The van der Waals surface area contributed by atoms with Gasteiger partial charge in [-0.3, -0.25) is 4.79 Å². The number of terminal acetylenes is 1. The maximum atomic E-state index is 11.8. The fourth-order valence-electron chi connectivity index (χ4n) is 1.39. The number of carboxylic acids is 1. The quantitative estimate of drug-likeness (QED) is 0.783. The average molecular weight is 296 g/mol. The number of hydrogen-bond donors (Lipinski definition) is 2. The molecule has 0 saturated carbocycles. The van der Waals surface area contributed by atoms with E-state index in [2.05, 4.69) is 11.2 Å². The largest absolute Gasteiger partial charge is 0.480 e. The van der Waals surface area contributed by atoms with Crippen molar-refractivity contribution in [1.29, 1.82) is 0 Å². The molecule has 0 aromatic heterocycles. The number of halogens is 1. The molecule has 106 valence electrons. The van der Waals surface area contributed by atoms with E-state index in [-0.39, 0.29) is 6.42 Å². The van der Waals surface area contributed by atoms with Crippen LogP contribution in [0.15, 0.2) is 24.3 Å². The number of hydrogen-bond acceptors (Lipinski definition) is 3. The maximum absolute atomic E-state index is 11.8. The molecule has 0 aliphatic carbocycles. The summed E-state index contributed by atoms with van der Waals surface area (Å²) in [5, 5.41) is 11.6. The van der Waals surface area contributed by atoms with Gasteiger partial charge in [0.05, 0.1) is 5.02 Å². The molecule has 5 nitrogen and oxygen atoms in total. The van der Waals surface area contributed by atoms with Crippen molar-refractivity contribution in [3.05, 3.63) is 29.3 Å². The molecular formula is C14H14ClNO4. The zero-order chi connectivity index (χ0) is 15.1. The van der Waals surface area contributed by atoms with Crippen molar-refractivity contribution in [2.45, 2.75) is 25.5 Å². The SMILES string of the molecule is C#CCC(NC(=O)C(C)Oc1ccccc1Cl)C(=O)O. The molecule has 0 bridgehead atoms. The molecular weight excluding hydrogens is 282 g/mol. The molecule has 6 heteroatoms. The van der Waals surface area contributed by atoms with Crippen LogP contribution >= 0.6 is 11.6 Å². The van der Waals surface area contributed by atoms with Gasteiger partial charge in [-0.1, -0.05) is 23.7 Å². The Morgan fingerprint density at radius 2 is 2.15 bits per heavy atom. The summed E-state index contributed by atoms with van der Waals surface area (Å²) in [7, 11) is 0. The van der Waals surface area contributed by atoms with Gasteiger partial charge in [-0.25, -0.2) is 4.79 Å². The van der Waals surface area contributed by atoms with Crippen molar-refractivity contribution in [2.75, 3.05) is 0 Å². The summed E-state index contributed by atoms with van der Waals surface area (Å²) >= 11 is 5.90. The third-order valence-electron chi connectivity index (χ3n) is 2.45. The number of nitrogens with one attached hydrogen (secondary N) is 1. The summed E-state index contributed by atoms with van der Waals surface area (Å²) in [5.74, 6) is 0.773. The number of rotatable bonds is 6. The molecule has 0 spiro atoms. The lowest BCUT2D eigenvalue weighted by atomic mass is 10.2. The third-order valence-corrected chi connectivity index (χ3v) is 2.76. The van der Waals surface area contributed by atoms with Gasteiger partial charge in [-0.05, 0) is 19.1 Å². The van der Waals surface area contributed by atoms with Crippen LogP contribution in [0.2, 0.25) is 5.02 Å². The highest BCUT2D eigenvalue weighted by atomic mass is 35.5. The Bertz CT molecular complexity index is 538. The monoisotopic (exact) mass is 295 g/mol. The van der Waals surface area contributed by atoms with E-state index in [0.29, 0.717) is 10.8 Å². The van der Waals surface area contributed by atoms with Crippen LogP contribution in [0.1, 0.15) is 13.3 Å². The van der Waals surface area contributed by atoms with Crippen molar-refractivity contribution < 1.29 is 19.4 Å². The summed E-state index contributed by atoms with van der Waals surface area (Å²) < 4.78 is 5.38. The minimum atomic E-state index is -1.19. The molecule has 0 heterocycles. The fraction of sp³-hybridized carbons (Fsp3) is 0.286. The first-order valence-corrected chi connectivity index (χ1v) is 6.21. The summed E-state index contributed by atoms with van der Waals surface area (Å²) in [4.78, 5) is 22.7. The van der Waals surface area contributed by atoms with Crippen molar-refractivity contribution in [2.24, 2.45) is 0 Å². The van der Waals surface area contributed by atoms with Gasteiger partial charge in [-0.15, -0.1) is 12.3 Å². The van der Waals surface area contributed by atoms with Crippen LogP contribution in [0.3, 0.4) is 0 Å². The van der Waals surface area contributed by atoms with Crippen molar-refractivity contribution in [1.82, 2.24) is 5.32 Å². The lowest BCUT2D eigenvalue weighted by Gasteiger charge is -2.18. The van der Waals surface area contributed by atoms with Crippen LogP contribution in [0.4, 0.5) is 0 Å². The molecule has 1 aromatic carbocycles. The summed E-state index contributed by atoms with van der Waals surface area (Å²) in [6.45, 7) is 1.49. The Kier molecular flexibility index (Phi) is 5.88. The minimum absolute atomic E-state index is 0.0973. The van der Waals surface area contributed by atoms with E-state index in [4.69, 9.17) is 27.9 Å². The lowest BCUT2D eigenvalue weighted by molar-refractivity contribution is -0.142. The number of amides is 1. The third kappa shape index (κ3) is 4.48. The van der Waals surface area contributed by atoms with Gasteiger partial charge in [0, 0.05) is 6.42 Å². The second-order valence-corrected chi connectivity index (χ2v) is 4.41. The van der Waals surface area contributed by atoms with E-state index in [1.807, 2.05) is 0 Å². The number of carboxylic acid groups (broad SMARTS) is 1. The molecule has 2 unspecified atom stereocenters. The maximum Gasteiger partial charge on any atom is 0.327 e. The number of para-hydroxylation sites is 1. The van der Waals surface area contributed by atoms with Crippen LogP contribution in [0, 0.1) is 12.3 Å². The molecule has 0 saturated heterocycles. The van der Waals surface area contributed by atoms with Crippen LogP contribution in [0.5, 0.6) is 5.75 Å². The van der Waals surface area contributed by atoms with E-state index in [1.165, 1.54) is 6.92 Å². The van der Waals surface area contributed by atoms with Gasteiger partial charge in [-0.2, -0.15) is 0 Å². The molecule has 2 N–H and O–H groups in total. The first kappa shape index (κ1) is 15.9. The van der Waals surface area contributed by atoms with E-state index in [0.717, 1.165) is 0 Å². The van der Waals surface area contributed by atoms with Crippen molar-refractivity contribution in [3.63, 3.8) is 0 Å². The minimum Gasteiger partial charge on any atom is -0.480 e. The highest BCUT2D eigenvalue weighted by Crippen LogP contribution is 2.24. The van der Waals surface area contributed by atoms with Crippen LogP contribution in [0.25, 0.3) is 0 Å². The molecule has 1 rings (SSSR count). The van der Waals surface area contributed by atoms with Crippen LogP contribution in [-0.2, 0) is 9.59 Å². The van der Waals surface area contributed by atoms with E-state index in [1.54, 1.807) is 24.3 Å². The zero-order valence-electron chi connectivity index (χ0n) is 10.8. The fourth-order valence-corrected chi connectivity index (χ4v) is 1.57. The Balaban J connectivity index is 2.66.